The first-order valence-corrected chi connectivity index (χ1v) is 6.46. The van der Waals surface area contributed by atoms with Gasteiger partial charge in [-0.1, -0.05) is 6.08 Å². The van der Waals surface area contributed by atoms with Gasteiger partial charge >= 0.3 is 12.0 Å². The molecule has 0 aromatic carbocycles. The molecule has 19 heavy (non-hydrogen) atoms. The molecule has 0 aliphatic rings. The first kappa shape index (κ1) is 17.4. The van der Waals surface area contributed by atoms with Gasteiger partial charge in [0, 0.05) is 13.1 Å². The van der Waals surface area contributed by atoms with Crippen molar-refractivity contribution in [1.82, 2.24) is 15.1 Å². The standard InChI is InChI=1S/C13H25N3O3/c1-5-8-11(12(17)18)14-13(19)16(6-2)10-7-9-15(3)4/h5,11H,1,6-10H2,2-4H3,(H,14,19)(H,17,18). The van der Waals surface area contributed by atoms with E-state index in [4.69, 9.17) is 5.11 Å². The van der Waals surface area contributed by atoms with Gasteiger partial charge < -0.3 is 20.2 Å². The molecule has 0 saturated carbocycles. The zero-order chi connectivity index (χ0) is 14.8. The van der Waals surface area contributed by atoms with Crippen LogP contribution in [-0.2, 0) is 4.79 Å². The minimum atomic E-state index is -1.04. The highest BCUT2D eigenvalue weighted by atomic mass is 16.4. The van der Waals surface area contributed by atoms with E-state index in [0.717, 1.165) is 13.0 Å². The van der Waals surface area contributed by atoms with Crippen LogP contribution in [0.3, 0.4) is 0 Å². The Balaban J connectivity index is 4.32. The number of urea groups is 1. The summed E-state index contributed by atoms with van der Waals surface area (Å²) in [5, 5.41) is 11.5. The van der Waals surface area contributed by atoms with Crippen molar-refractivity contribution in [3.05, 3.63) is 12.7 Å². The molecule has 0 aromatic heterocycles. The molecular formula is C13H25N3O3. The maximum absolute atomic E-state index is 11.9. The molecule has 0 aliphatic carbocycles. The third-order valence-electron chi connectivity index (χ3n) is 2.70. The van der Waals surface area contributed by atoms with Gasteiger partial charge in [-0.2, -0.15) is 0 Å². The number of rotatable bonds is 9. The van der Waals surface area contributed by atoms with Crippen LogP contribution in [0.5, 0.6) is 0 Å². The highest BCUT2D eigenvalue weighted by Crippen LogP contribution is 1.98. The van der Waals surface area contributed by atoms with E-state index in [1.165, 1.54) is 6.08 Å². The Morgan fingerprint density at radius 3 is 2.42 bits per heavy atom. The maximum atomic E-state index is 11.9. The molecule has 1 atom stereocenters. The van der Waals surface area contributed by atoms with Gasteiger partial charge in [-0.3, -0.25) is 0 Å². The Bertz CT molecular complexity index is 306. The third-order valence-corrected chi connectivity index (χ3v) is 2.70. The van der Waals surface area contributed by atoms with Gasteiger partial charge in [-0.15, -0.1) is 6.58 Å². The van der Waals surface area contributed by atoms with Crippen molar-refractivity contribution in [3.63, 3.8) is 0 Å². The molecule has 110 valence electrons. The van der Waals surface area contributed by atoms with Crippen molar-refractivity contribution in [2.24, 2.45) is 0 Å². The maximum Gasteiger partial charge on any atom is 0.326 e. The summed E-state index contributed by atoms with van der Waals surface area (Å²) in [6, 6.07) is -1.25. The van der Waals surface area contributed by atoms with E-state index >= 15 is 0 Å². The molecule has 2 amide bonds. The van der Waals surface area contributed by atoms with Crippen molar-refractivity contribution < 1.29 is 14.7 Å². The van der Waals surface area contributed by atoms with E-state index in [1.807, 2.05) is 25.9 Å². The Morgan fingerprint density at radius 1 is 1.37 bits per heavy atom. The molecule has 0 spiro atoms. The second kappa shape index (κ2) is 9.38. The van der Waals surface area contributed by atoms with Gasteiger partial charge in [0.15, 0.2) is 0 Å². The predicted molar refractivity (Wildman–Crippen MR) is 75.2 cm³/mol. The summed E-state index contributed by atoms with van der Waals surface area (Å²) in [7, 11) is 3.95. The molecule has 6 heteroatoms. The Kier molecular flexibility index (Phi) is 8.61. The number of carboxylic acids is 1. The first-order chi connectivity index (χ1) is 8.92. The molecule has 6 nitrogen and oxygen atoms in total. The van der Waals surface area contributed by atoms with Gasteiger partial charge in [0.05, 0.1) is 0 Å². The van der Waals surface area contributed by atoms with Gasteiger partial charge in [-0.25, -0.2) is 9.59 Å². The first-order valence-electron chi connectivity index (χ1n) is 6.46. The number of hydrogen-bond donors (Lipinski definition) is 2. The predicted octanol–water partition coefficient (Wildman–Crippen LogP) is 0.999. The summed E-state index contributed by atoms with van der Waals surface area (Å²) in [6.07, 6.45) is 2.56. The number of carboxylic acid groups (broad SMARTS) is 1. The van der Waals surface area contributed by atoms with Crippen LogP contribution in [0.1, 0.15) is 19.8 Å². The molecule has 0 bridgehead atoms. The zero-order valence-corrected chi connectivity index (χ0v) is 12.1. The monoisotopic (exact) mass is 271 g/mol. The molecule has 2 N–H and O–H groups in total. The minimum Gasteiger partial charge on any atom is -0.480 e. The van der Waals surface area contributed by atoms with Crippen LogP contribution >= 0.6 is 0 Å². The van der Waals surface area contributed by atoms with Gasteiger partial charge in [0.1, 0.15) is 6.04 Å². The van der Waals surface area contributed by atoms with Crippen LogP contribution < -0.4 is 5.32 Å². The summed E-state index contributed by atoms with van der Waals surface area (Å²) in [5.41, 5.74) is 0. The minimum absolute atomic E-state index is 0.219. The lowest BCUT2D eigenvalue weighted by Gasteiger charge is -2.24. The van der Waals surface area contributed by atoms with Crippen molar-refractivity contribution >= 4 is 12.0 Å². The van der Waals surface area contributed by atoms with Crippen LogP contribution in [-0.4, -0.2) is 66.7 Å². The SMILES string of the molecule is C=CCC(NC(=O)N(CC)CCCN(C)C)C(=O)O. The van der Waals surface area contributed by atoms with Crippen LogP contribution in [0.25, 0.3) is 0 Å². The van der Waals surface area contributed by atoms with Crippen molar-refractivity contribution in [1.29, 1.82) is 0 Å². The lowest BCUT2D eigenvalue weighted by molar-refractivity contribution is -0.139. The molecule has 0 aromatic rings. The number of carbonyl (C=O) groups excluding carboxylic acids is 1. The number of hydrogen-bond acceptors (Lipinski definition) is 3. The largest absolute Gasteiger partial charge is 0.480 e. The van der Waals surface area contributed by atoms with Crippen LogP contribution in [0.15, 0.2) is 12.7 Å². The fourth-order valence-corrected chi connectivity index (χ4v) is 1.61. The fraction of sp³-hybridized carbons (Fsp3) is 0.692. The average Bonchev–Trinajstić information content (AvgIpc) is 2.33. The molecule has 0 heterocycles. The fourth-order valence-electron chi connectivity index (χ4n) is 1.61. The number of aliphatic carboxylic acids is 1. The smallest absolute Gasteiger partial charge is 0.326 e. The molecular weight excluding hydrogens is 246 g/mol. The zero-order valence-electron chi connectivity index (χ0n) is 12.1. The van der Waals surface area contributed by atoms with Crippen molar-refractivity contribution in [2.45, 2.75) is 25.8 Å². The summed E-state index contributed by atoms with van der Waals surface area (Å²) in [5.74, 6) is -1.04. The van der Waals surface area contributed by atoms with E-state index < -0.39 is 12.0 Å². The number of nitrogens with one attached hydrogen (secondary N) is 1. The summed E-state index contributed by atoms with van der Waals surface area (Å²) >= 11 is 0. The lowest BCUT2D eigenvalue weighted by Crippen LogP contribution is -2.48. The quantitative estimate of drug-likeness (QED) is 0.614. The van der Waals surface area contributed by atoms with E-state index in [-0.39, 0.29) is 12.5 Å². The number of amides is 2. The summed E-state index contributed by atoms with van der Waals surface area (Å²) in [6.45, 7) is 7.42. The highest BCUT2D eigenvalue weighted by molar-refractivity contribution is 5.82. The van der Waals surface area contributed by atoms with Crippen LogP contribution in [0.2, 0.25) is 0 Å². The molecule has 0 saturated heterocycles. The van der Waals surface area contributed by atoms with E-state index in [1.54, 1.807) is 4.90 Å². The number of carbonyl (C=O) groups is 2. The second-order valence-corrected chi connectivity index (χ2v) is 4.60. The number of nitrogens with zero attached hydrogens (tertiary/aromatic N) is 2. The molecule has 0 aliphatic heterocycles. The second-order valence-electron chi connectivity index (χ2n) is 4.60. The molecule has 0 fully saturated rings. The lowest BCUT2D eigenvalue weighted by atomic mass is 10.2. The summed E-state index contributed by atoms with van der Waals surface area (Å²) in [4.78, 5) is 26.6. The van der Waals surface area contributed by atoms with Gasteiger partial charge in [0.2, 0.25) is 0 Å². The van der Waals surface area contributed by atoms with Crippen LogP contribution in [0, 0.1) is 0 Å². The van der Waals surface area contributed by atoms with Gasteiger partial charge in [0.25, 0.3) is 0 Å². The van der Waals surface area contributed by atoms with Crippen molar-refractivity contribution in [2.75, 3.05) is 33.7 Å². The van der Waals surface area contributed by atoms with E-state index in [2.05, 4.69) is 11.9 Å². The topological polar surface area (TPSA) is 72.9 Å². The average molecular weight is 271 g/mol. The molecule has 0 radical (unpaired) electrons. The Hall–Kier alpha value is -1.56. The Labute approximate surface area is 115 Å². The van der Waals surface area contributed by atoms with Gasteiger partial charge in [-0.05, 0) is 40.4 Å². The van der Waals surface area contributed by atoms with E-state index in [0.29, 0.717) is 13.1 Å². The van der Waals surface area contributed by atoms with E-state index in [9.17, 15) is 9.59 Å². The summed E-state index contributed by atoms with van der Waals surface area (Å²) < 4.78 is 0. The molecule has 0 rings (SSSR count). The normalized spacial score (nSPS) is 12.0. The third kappa shape index (κ3) is 7.46. The van der Waals surface area contributed by atoms with Crippen LogP contribution in [0.4, 0.5) is 4.79 Å². The van der Waals surface area contributed by atoms with Crippen molar-refractivity contribution in [3.8, 4) is 0 Å². The Morgan fingerprint density at radius 2 is 2.00 bits per heavy atom. The highest BCUT2D eigenvalue weighted by Gasteiger charge is 2.21. The molecule has 1 unspecified atom stereocenters.